The van der Waals surface area contributed by atoms with E-state index in [0.29, 0.717) is 24.2 Å². The maximum absolute atomic E-state index is 13.8. The number of carboxylic acid groups (broad SMARTS) is 3. The molecule has 1 aromatic rings. The molecule has 1 heterocycles. The highest BCUT2D eigenvalue weighted by molar-refractivity contribution is 7.98. The molecule has 10 amide bonds. The molecule has 32 heteroatoms. The quantitative estimate of drug-likeness (QED) is 0.0219. The summed E-state index contributed by atoms with van der Waals surface area (Å²) >= 11 is 5.51. The number of benzene rings is 1. The van der Waals surface area contributed by atoms with Crippen molar-refractivity contribution in [3.05, 3.63) is 35.9 Å². The molecule has 18 N–H and O–H groups in total. The Kier molecular flexibility index (Phi) is 30.5. The van der Waals surface area contributed by atoms with E-state index in [-0.39, 0.29) is 45.2 Å². The molecule has 10 atom stereocenters. The summed E-state index contributed by atoms with van der Waals surface area (Å²) in [5, 5.41) is 68.6. The Labute approximate surface area is 463 Å². The van der Waals surface area contributed by atoms with Crippen molar-refractivity contribution >= 4 is 101 Å². The Balaban J connectivity index is 2.18. The maximum Gasteiger partial charge on any atom is 0.326 e. The van der Waals surface area contributed by atoms with Crippen molar-refractivity contribution in [1.82, 2.24) is 52.8 Å². The first kappa shape index (κ1) is 68.0. The number of rotatable bonds is 36. The molecule has 79 heavy (non-hydrogen) atoms. The standard InChI is InChI=1S/C47H72N12O18S2/c1-24(38(67)55-30(17-25-9-4-3-5-10-25)46(75)59-15-8-12-34(59)47(76)77)51-42(71)29(19-37(65)66)54-41(70)27(11-6-7-14-48)53-45(74)33(23-78)58-43(72)28(18-36(63)64)52-35(62)20-50-40(69)31(21-60)57-44(73)32(22-61)56-39(68)26(49)13-16-79-2/h3-5,9-10,24,26-34,60-61,78H,6-8,11-23,48-49H2,1-2H3,(H,50,69)(H,51,71)(H,52,62)(H,53,74)(H,54,70)(H,55,67)(H,56,68)(H,57,73)(H,58,72)(H,63,64)(H,65,66)(H,76,77)/t24-,26-,27-,28-,29-,30-,31-,32-,33-,34-/m0/s1. The summed E-state index contributed by atoms with van der Waals surface area (Å²) in [6.07, 6.45) is 0.773. The maximum atomic E-state index is 13.8. The number of nitrogens with one attached hydrogen (secondary N) is 9. The lowest BCUT2D eigenvalue weighted by molar-refractivity contribution is -0.149. The van der Waals surface area contributed by atoms with Crippen LogP contribution in [-0.2, 0) is 68.7 Å². The average Bonchev–Trinajstić information content (AvgIpc) is 3.93. The molecule has 1 aliphatic rings. The topological polar surface area (TPSA) is 487 Å². The molecule has 2 rings (SSSR count). The van der Waals surface area contributed by atoms with Crippen LogP contribution in [0.2, 0.25) is 0 Å². The van der Waals surface area contributed by atoms with Crippen molar-refractivity contribution in [3.8, 4) is 0 Å². The Hall–Kier alpha value is -7.13. The second-order valence-corrected chi connectivity index (χ2v) is 19.4. The summed E-state index contributed by atoms with van der Waals surface area (Å²) in [5.74, 6) is -14.9. The van der Waals surface area contributed by atoms with Crippen LogP contribution in [0.4, 0.5) is 0 Å². The lowest BCUT2D eigenvalue weighted by Gasteiger charge is -2.29. The first-order valence-corrected chi connectivity index (χ1v) is 26.9. The van der Waals surface area contributed by atoms with E-state index in [0.717, 1.165) is 4.90 Å². The number of nitrogens with zero attached hydrogens (tertiary/aromatic N) is 1. The molecular formula is C47H72N12O18S2. The van der Waals surface area contributed by atoms with Gasteiger partial charge in [-0.1, -0.05) is 30.3 Å². The van der Waals surface area contributed by atoms with Gasteiger partial charge < -0.3 is 89.8 Å². The highest BCUT2D eigenvalue weighted by atomic mass is 32.2. The third-order valence-corrected chi connectivity index (χ3v) is 12.9. The molecule has 0 saturated carbocycles. The van der Waals surface area contributed by atoms with Crippen LogP contribution in [0.5, 0.6) is 0 Å². The number of likely N-dealkylation sites (tertiary alicyclic amines) is 1. The minimum atomic E-state index is -1.92. The van der Waals surface area contributed by atoms with E-state index in [2.05, 4.69) is 60.5 Å². The number of unbranched alkanes of at least 4 members (excludes halogenated alkanes) is 1. The Morgan fingerprint density at radius 3 is 1.72 bits per heavy atom. The summed E-state index contributed by atoms with van der Waals surface area (Å²) < 4.78 is 0. The normalized spacial score (nSPS) is 16.3. The number of hydrogen-bond acceptors (Lipinski definition) is 19. The molecular weight excluding hydrogens is 1080 g/mol. The van der Waals surface area contributed by atoms with Crippen molar-refractivity contribution in [3.63, 3.8) is 0 Å². The number of carboxylic acids is 3. The molecule has 1 aliphatic heterocycles. The van der Waals surface area contributed by atoms with E-state index >= 15 is 0 Å². The zero-order valence-electron chi connectivity index (χ0n) is 43.5. The molecule has 0 bridgehead atoms. The van der Waals surface area contributed by atoms with Crippen LogP contribution in [0, 0.1) is 0 Å². The second-order valence-electron chi connectivity index (χ2n) is 18.1. The van der Waals surface area contributed by atoms with Gasteiger partial charge in [0.2, 0.25) is 59.1 Å². The summed E-state index contributed by atoms with van der Waals surface area (Å²) in [4.78, 5) is 169. The molecule has 30 nitrogen and oxygen atoms in total. The van der Waals surface area contributed by atoms with E-state index < -0.39 is 176 Å². The van der Waals surface area contributed by atoms with E-state index in [1.54, 1.807) is 36.6 Å². The fraction of sp³-hybridized carbons (Fsp3) is 0.596. The molecule has 0 aromatic heterocycles. The molecule has 440 valence electrons. The number of aliphatic hydroxyl groups excluding tert-OH is 2. The van der Waals surface area contributed by atoms with Crippen LogP contribution in [0.1, 0.15) is 63.9 Å². The monoisotopic (exact) mass is 1160 g/mol. The summed E-state index contributed by atoms with van der Waals surface area (Å²) in [5.41, 5.74) is 12.0. The third kappa shape index (κ3) is 23.8. The number of hydrogen-bond donors (Lipinski definition) is 17. The minimum Gasteiger partial charge on any atom is -0.481 e. The van der Waals surface area contributed by atoms with Crippen molar-refractivity contribution in [2.45, 2.75) is 125 Å². The number of aliphatic hydroxyl groups is 2. The van der Waals surface area contributed by atoms with Gasteiger partial charge in [-0.25, -0.2) is 4.79 Å². The molecule has 0 radical (unpaired) electrons. The van der Waals surface area contributed by atoms with Gasteiger partial charge in [0.05, 0.1) is 38.6 Å². The molecule has 1 aromatic carbocycles. The van der Waals surface area contributed by atoms with Crippen LogP contribution >= 0.6 is 24.4 Å². The van der Waals surface area contributed by atoms with Gasteiger partial charge in [-0.3, -0.25) is 57.5 Å². The number of aliphatic carboxylic acids is 3. The Bertz CT molecular complexity index is 2300. The van der Waals surface area contributed by atoms with Crippen molar-refractivity contribution in [2.24, 2.45) is 11.5 Å². The second kappa shape index (κ2) is 35.4. The van der Waals surface area contributed by atoms with E-state index in [1.807, 2.05) is 0 Å². The fourth-order valence-electron chi connectivity index (χ4n) is 7.61. The Morgan fingerprint density at radius 1 is 0.646 bits per heavy atom. The zero-order valence-corrected chi connectivity index (χ0v) is 45.2. The molecule has 0 aliphatic carbocycles. The van der Waals surface area contributed by atoms with Gasteiger partial charge in [-0.15, -0.1) is 0 Å². The van der Waals surface area contributed by atoms with Gasteiger partial charge in [-0.2, -0.15) is 24.4 Å². The zero-order chi connectivity index (χ0) is 59.4. The lowest BCUT2D eigenvalue weighted by atomic mass is 10.0. The van der Waals surface area contributed by atoms with Crippen molar-refractivity contribution in [1.29, 1.82) is 0 Å². The number of nitrogens with two attached hydrogens (primary N) is 2. The van der Waals surface area contributed by atoms with Gasteiger partial charge in [0.15, 0.2) is 0 Å². The van der Waals surface area contributed by atoms with E-state index in [4.69, 9.17) is 11.5 Å². The molecule has 1 fully saturated rings. The van der Waals surface area contributed by atoms with Gasteiger partial charge in [0.1, 0.15) is 54.4 Å². The predicted octanol–water partition coefficient (Wildman–Crippen LogP) is -6.61. The first-order valence-electron chi connectivity index (χ1n) is 24.9. The third-order valence-electron chi connectivity index (χ3n) is 11.9. The largest absolute Gasteiger partial charge is 0.481 e. The molecule has 1 saturated heterocycles. The number of amides is 10. The smallest absolute Gasteiger partial charge is 0.326 e. The molecule has 0 unspecified atom stereocenters. The Morgan fingerprint density at radius 2 is 1.15 bits per heavy atom. The van der Waals surface area contributed by atoms with Crippen LogP contribution < -0.4 is 59.3 Å². The van der Waals surface area contributed by atoms with Crippen molar-refractivity contribution < 1.29 is 87.9 Å². The number of carbonyl (C=O) groups excluding carboxylic acids is 10. The molecule has 0 spiro atoms. The van der Waals surface area contributed by atoms with Crippen molar-refractivity contribution in [2.75, 3.05) is 50.6 Å². The minimum absolute atomic E-state index is 0.0598. The predicted molar refractivity (Wildman–Crippen MR) is 283 cm³/mol. The van der Waals surface area contributed by atoms with Crippen LogP contribution in [-0.4, -0.2) is 218 Å². The van der Waals surface area contributed by atoms with Crippen LogP contribution in [0.3, 0.4) is 0 Å². The van der Waals surface area contributed by atoms with E-state index in [9.17, 15) is 87.9 Å². The van der Waals surface area contributed by atoms with Gasteiger partial charge in [0, 0.05) is 18.7 Å². The van der Waals surface area contributed by atoms with Gasteiger partial charge in [0.25, 0.3) is 0 Å². The highest BCUT2D eigenvalue weighted by Gasteiger charge is 2.39. The fourth-order valence-corrected chi connectivity index (χ4v) is 8.35. The first-order chi connectivity index (χ1) is 37.4. The number of thioether (sulfide) groups is 1. The number of carbonyl (C=O) groups is 13. The lowest BCUT2D eigenvalue weighted by Crippen LogP contribution is -2.60. The summed E-state index contributed by atoms with van der Waals surface area (Å²) in [6.45, 7) is -1.46. The average molecular weight is 1160 g/mol. The van der Waals surface area contributed by atoms with Crippen LogP contribution in [0.15, 0.2) is 30.3 Å². The van der Waals surface area contributed by atoms with Crippen LogP contribution in [0.25, 0.3) is 0 Å². The van der Waals surface area contributed by atoms with E-state index in [1.165, 1.54) is 18.7 Å². The SMILES string of the molecule is CSCC[C@H](N)C(=O)N[C@@H](CO)C(=O)N[C@@H](CO)C(=O)NCC(=O)N[C@@H](CC(=O)O)C(=O)N[C@@H](CS)C(=O)N[C@@H](CCCCN)C(=O)N[C@@H](CC(=O)O)C(=O)N[C@@H](C)C(=O)N[C@@H](Cc1ccccc1)C(=O)N1CCC[C@H]1C(=O)O. The number of thiol groups is 1. The summed E-state index contributed by atoms with van der Waals surface area (Å²) in [6, 6.07) is -6.78. The van der Waals surface area contributed by atoms with Gasteiger partial charge in [-0.05, 0) is 69.6 Å². The van der Waals surface area contributed by atoms with Gasteiger partial charge >= 0.3 is 17.9 Å². The summed E-state index contributed by atoms with van der Waals surface area (Å²) in [7, 11) is 0. The highest BCUT2D eigenvalue weighted by Crippen LogP contribution is 2.20.